The average Bonchev–Trinajstić information content (AvgIpc) is 1.96. The molecule has 0 aliphatic heterocycles. The SMILES string of the molecule is O=C=NCCCOCC(Cl)Cl. The summed E-state index contributed by atoms with van der Waals surface area (Å²) in [5, 5.41) is 0. The Labute approximate surface area is 75.3 Å². The van der Waals surface area contributed by atoms with Crippen LogP contribution in [0.1, 0.15) is 6.42 Å². The van der Waals surface area contributed by atoms with Crippen LogP contribution in [-0.4, -0.2) is 30.7 Å². The zero-order chi connectivity index (χ0) is 8.53. The van der Waals surface area contributed by atoms with Gasteiger partial charge in [-0.25, -0.2) is 9.79 Å². The summed E-state index contributed by atoms with van der Waals surface area (Å²) < 4.78 is 4.99. The van der Waals surface area contributed by atoms with Crippen LogP contribution in [0.25, 0.3) is 0 Å². The van der Waals surface area contributed by atoms with Crippen molar-refractivity contribution in [2.75, 3.05) is 19.8 Å². The van der Waals surface area contributed by atoms with E-state index < -0.39 is 4.84 Å². The van der Waals surface area contributed by atoms with Crippen molar-refractivity contribution in [3.63, 3.8) is 0 Å². The van der Waals surface area contributed by atoms with Crippen LogP contribution < -0.4 is 0 Å². The number of rotatable bonds is 6. The van der Waals surface area contributed by atoms with E-state index in [1.165, 1.54) is 6.08 Å². The van der Waals surface area contributed by atoms with Gasteiger partial charge >= 0.3 is 0 Å². The molecule has 0 aliphatic carbocycles. The van der Waals surface area contributed by atoms with Gasteiger partial charge in [-0.3, -0.25) is 0 Å². The van der Waals surface area contributed by atoms with E-state index in [0.717, 1.165) is 0 Å². The normalized spacial score (nSPS) is 9.73. The molecule has 3 nitrogen and oxygen atoms in total. The van der Waals surface area contributed by atoms with Crippen LogP contribution in [0.3, 0.4) is 0 Å². The largest absolute Gasteiger partial charge is 0.379 e. The molecule has 0 aliphatic rings. The summed E-state index contributed by atoms with van der Waals surface area (Å²) in [5.74, 6) is 0. The molecule has 0 unspecified atom stereocenters. The van der Waals surface area contributed by atoms with Gasteiger partial charge < -0.3 is 4.74 Å². The maximum absolute atomic E-state index is 9.57. The Morgan fingerprint density at radius 3 is 2.82 bits per heavy atom. The molecule has 0 saturated carbocycles. The Kier molecular flexibility index (Phi) is 7.96. The summed E-state index contributed by atoms with van der Waals surface area (Å²) in [6.45, 7) is 1.27. The first-order valence-electron chi connectivity index (χ1n) is 3.17. The molecule has 11 heavy (non-hydrogen) atoms. The molecular formula is C6H9Cl2NO2. The third-order valence-corrected chi connectivity index (χ3v) is 1.12. The first-order chi connectivity index (χ1) is 5.27. The third-order valence-electron chi connectivity index (χ3n) is 0.867. The summed E-state index contributed by atoms with van der Waals surface area (Å²) >= 11 is 10.7. The fourth-order valence-electron chi connectivity index (χ4n) is 0.464. The monoisotopic (exact) mass is 197 g/mol. The van der Waals surface area contributed by atoms with Crippen molar-refractivity contribution < 1.29 is 9.53 Å². The Morgan fingerprint density at radius 2 is 2.27 bits per heavy atom. The van der Waals surface area contributed by atoms with Gasteiger partial charge in [0.2, 0.25) is 6.08 Å². The van der Waals surface area contributed by atoms with Crippen molar-refractivity contribution in [3.05, 3.63) is 0 Å². The van der Waals surface area contributed by atoms with E-state index >= 15 is 0 Å². The lowest BCUT2D eigenvalue weighted by Crippen LogP contribution is -2.04. The number of alkyl halides is 2. The molecule has 0 aromatic carbocycles. The van der Waals surface area contributed by atoms with E-state index in [1.807, 2.05) is 0 Å². The van der Waals surface area contributed by atoms with Crippen LogP contribution in [0.2, 0.25) is 0 Å². The van der Waals surface area contributed by atoms with E-state index in [-0.39, 0.29) is 0 Å². The van der Waals surface area contributed by atoms with Crippen LogP contribution in [0.5, 0.6) is 0 Å². The third kappa shape index (κ3) is 9.92. The van der Waals surface area contributed by atoms with Gasteiger partial charge in [-0.1, -0.05) is 0 Å². The van der Waals surface area contributed by atoms with Crippen LogP contribution in [-0.2, 0) is 9.53 Å². The highest BCUT2D eigenvalue weighted by molar-refractivity contribution is 6.44. The average molecular weight is 198 g/mol. The quantitative estimate of drug-likeness (QED) is 0.281. The van der Waals surface area contributed by atoms with E-state index in [0.29, 0.717) is 26.2 Å². The summed E-state index contributed by atoms with van der Waals surface area (Å²) in [4.78, 5) is 12.4. The van der Waals surface area contributed by atoms with Gasteiger partial charge in [0.05, 0.1) is 13.2 Å². The number of aliphatic imine (C=N–C) groups is 1. The van der Waals surface area contributed by atoms with Gasteiger partial charge in [-0.15, -0.1) is 23.2 Å². The first-order valence-corrected chi connectivity index (χ1v) is 4.04. The number of isocyanates is 1. The van der Waals surface area contributed by atoms with E-state index in [2.05, 4.69) is 4.99 Å². The lowest BCUT2D eigenvalue weighted by Gasteiger charge is -2.01. The predicted octanol–water partition coefficient (Wildman–Crippen LogP) is 1.53. The van der Waals surface area contributed by atoms with Crippen molar-refractivity contribution in [2.24, 2.45) is 4.99 Å². The highest BCUT2D eigenvalue weighted by atomic mass is 35.5. The second kappa shape index (κ2) is 8.02. The zero-order valence-electron chi connectivity index (χ0n) is 5.93. The number of nitrogens with zero attached hydrogens (tertiary/aromatic N) is 1. The van der Waals surface area contributed by atoms with E-state index in [4.69, 9.17) is 27.9 Å². The molecular weight excluding hydrogens is 189 g/mol. The van der Waals surface area contributed by atoms with Crippen molar-refractivity contribution >= 4 is 29.3 Å². The lowest BCUT2D eigenvalue weighted by molar-refractivity contribution is 0.143. The molecule has 0 radical (unpaired) electrons. The molecule has 0 rings (SSSR count). The van der Waals surface area contributed by atoms with Crippen molar-refractivity contribution in [1.29, 1.82) is 0 Å². The molecule has 0 fully saturated rings. The first kappa shape index (κ1) is 10.9. The fourth-order valence-corrected chi connectivity index (χ4v) is 0.642. The number of carbonyl (C=O) groups excluding carboxylic acids is 1. The van der Waals surface area contributed by atoms with Crippen LogP contribution in [0.15, 0.2) is 4.99 Å². The molecule has 0 saturated heterocycles. The lowest BCUT2D eigenvalue weighted by atomic mass is 10.5. The van der Waals surface area contributed by atoms with E-state index in [9.17, 15) is 4.79 Å². The molecule has 0 spiro atoms. The molecule has 5 heteroatoms. The minimum atomic E-state index is -0.482. The number of halogens is 2. The maximum Gasteiger partial charge on any atom is 0.234 e. The molecule has 0 amide bonds. The van der Waals surface area contributed by atoms with Crippen molar-refractivity contribution in [1.82, 2.24) is 0 Å². The fraction of sp³-hybridized carbons (Fsp3) is 0.833. The highest BCUT2D eigenvalue weighted by Crippen LogP contribution is 2.01. The van der Waals surface area contributed by atoms with Gasteiger partial charge in [0.15, 0.2) is 0 Å². The topological polar surface area (TPSA) is 38.7 Å². The highest BCUT2D eigenvalue weighted by Gasteiger charge is 1.96. The minimum Gasteiger partial charge on any atom is -0.379 e. The van der Waals surface area contributed by atoms with E-state index in [1.54, 1.807) is 0 Å². The molecule has 0 N–H and O–H groups in total. The number of ether oxygens (including phenoxy) is 1. The van der Waals surface area contributed by atoms with Crippen LogP contribution in [0, 0.1) is 0 Å². The van der Waals surface area contributed by atoms with Crippen LogP contribution >= 0.6 is 23.2 Å². The molecule has 64 valence electrons. The minimum absolute atomic E-state index is 0.313. The molecule has 0 atom stereocenters. The summed E-state index contributed by atoms with van der Waals surface area (Å²) in [5.41, 5.74) is 0. The molecule has 0 aromatic rings. The Hall–Kier alpha value is -0.0800. The summed E-state index contributed by atoms with van der Waals surface area (Å²) in [7, 11) is 0. The molecule has 0 bridgehead atoms. The maximum atomic E-state index is 9.57. The van der Waals surface area contributed by atoms with Crippen molar-refractivity contribution in [3.8, 4) is 0 Å². The van der Waals surface area contributed by atoms with Gasteiger partial charge in [0.1, 0.15) is 4.84 Å². The second-order valence-electron chi connectivity index (χ2n) is 1.79. The second-order valence-corrected chi connectivity index (χ2v) is 3.07. The number of hydrogen-bond acceptors (Lipinski definition) is 3. The van der Waals surface area contributed by atoms with Crippen LogP contribution in [0.4, 0.5) is 0 Å². The van der Waals surface area contributed by atoms with Gasteiger partial charge in [0.25, 0.3) is 0 Å². The molecule has 0 aromatic heterocycles. The summed E-state index contributed by atoms with van der Waals surface area (Å²) in [6.07, 6.45) is 2.12. The Balaban J connectivity index is 2.96. The van der Waals surface area contributed by atoms with Gasteiger partial charge in [-0.05, 0) is 6.42 Å². The van der Waals surface area contributed by atoms with Gasteiger partial charge in [-0.2, -0.15) is 0 Å². The molecule has 0 heterocycles. The smallest absolute Gasteiger partial charge is 0.234 e. The Bertz CT molecular complexity index is 135. The van der Waals surface area contributed by atoms with Gasteiger partial charge in [0, 0.05) is 6.61 Å². The standard InChI is InChI=1S/C6H9Cl2NO2/c7-6(8)4-11-3-1-2-9-5-10/h6H,1-4H2. The van der Waals surface area contributed by atoms with Crippen molar-refractivity contribution in [2.45, 2.75) is 11.3 Å². The summed E-state index contributed by atoms with van der Waals surface area (Å²) in [6, 6.07) is 0. The zero-order valence-corrected chi connectivity index (χ0v) is 7.44. The number of hydrogen-bond donors (Lipinski definition) is 0. The predicted molar refractivity (Wildman–Crippen MR) is 43.9 cm³/mol. The Morgan fingerprint density at radius 1 is 1.55 bits per heavy atom.